The molecular weight excluding hydrogens is 252 g/mol. The number of benzene rings is 1. The molecule has 1 aromatic carbocycles. The molecule has 0 saturated heterocycles. The molecule has 20 heavy (non-hydrogen) atoms. The summed E-state index contributed by atoms with van der Waals surface area (Å²) in [5.74, 6) is 0.711. The van der Waals surface area contributed by atoms with Gasteiger partial charge in [-0.15, -0.1) is 0 Å². The average molecular weight is 270 g/mol. The van der Waals surface area contributed by atoms with Crippen molar-refractivity contribution in [2.45, 2.75) is 0 Å². The largest absolute Gasteiger partial charge is 0.395 e. The van der Waals surface area contributed by atoms with Crippen molar-refractivity contribution in [1.29, 1.82) is 0 Å². The average Bonchev–Trinajstić information content (AvgIpc) is 2.49. The standard InChI is InChI=1S/C15H18N4O/c1-19(10-11-20)14-7-5-13(6-8-14)12-17-18-15-4-2-3-9-16-15/h2-9,12,20H,10-11H2,1H3,(H,16,18)/b17-12+. The topological polar surface area (TPSA) is 60.8 Å². The van der Waals surface area contributed by atoms with E-state index in [4.69, 9.17) is 5.11 Å². The van der Waals surface area contributed by atoms with Crippen molar-refractivity contribution in [2.24, 2.45) is 5.10 Å². The molecule has 0 bridgehead atoms. The summed E-state index contributed by atoms with van der Waals surface area (Å²) in [4.78, 5) is 6.11. The van der Waals surface area contributed by atoms with Gasteiger partial charge in [-0.1, -0.05) is 18.2 Å². The summed E-state index contributed by atoms with van der Waals surface area (Å²) in [6, 6.07) is 13.6. The van der Waals surface area contributed by atoms with E-state index in [2.05, 4.69) is 15.5 Å². The van der Waals surface area contributed by atoms with Crippen LogP contribution in [0.1, 0.15) is 5.56 Å². The van der Waals surface area contributed by atoms with Crippen LogP contribution in [0, 0.1) is 0 Å². The Bertz CT molecular complexity index is 540. The van der Waals surface area contributed by atoms with Crippen LogP contribution in [0.15, 0.2) is 53.8 Å². The van der Waals surface area contributed by atoms with E-state index >= 15 is 0 Å². The van der Waals surface area contributed by atoms with Crippen LogP contribution >= 0.6 is 0 Å². The van der Waals surface area contributed by atoms with Crippen LogP contribution in [0.5, 0.6) is 0 Å². The Labute approximate surface area is 118 Å². The number of hydrogen-bond donors (Lipinski definition) is 2. The van der Waals surface area contributed by atoms with Gasteiger partial charge in [-0.25, -0.2) is 4.98 Å². The molecule has 5 heteroatoms. The molecule has 2 rings (SSSR count). The lowest BCUT2D eigenvalue weighted by molar-refractivity contribution is 0.304. The van der Waals surface area contributed by atoms with E-state index in [1.807, 2.05) is 54.4 Å². The molecule has 0 amide bonds. The summed E-state index contributed by atoms with van der Waals surface area (Å²) in [7, 11) is 1.95. The number of hydrazone groups is 1. The third kappa shape index (κ3) is 4.07. The molecule has 2 N–H and O–H groups in total. The first-order valence-electron chi connectivity index (χ1n) is 6.42. The van der Waals surface area contributed by atoms with Gasteiger partial charge in [0.1, 0.15) is 5.82 Å². The van der Waals surface area contributed by atoms with E-state index in [-0.39, 0.29) is 6.61 Å². The number of aliphatic hydroxyl groups excluding tert-OH is 1. The maximum atomic E-state index is 8.90. The molecule has 0 aliphatic rings. The highest BCUT2D eigenvalue weighted by Crippen LogP contribution is 2.12. The zero-order valence-corrected chi connectivity index (χ0v) is 11.4. The highest BCUT2D eigenvalue weighted by atomic mass is 16.3. The van der Waals surface area contributed by atoms with Crippen LogP contribution in [0.25, 0.3) is 0 Å². The smallest absolute Gasteiger partial charge is 0.146 e. The number of likely N-dealkylation sites (N-methyl/N-ethyl adjacent to an activating group) is 1. The number of rotatable bonds is 6. The van der Waals surface area contributed by atoms with Crippen LogP contribution in [-0.2, 0) is 0 Å². The predicted molar refractivity (Wildman–Crippen MR) is 82.3 cm³/mol. The third-order valence-electron chi connectivity index (χ3n) is 2.83. The number of pyridine rings is 1. The second-order valence-corrected chi connectivity index (χ2v) is 4.32. The lowest BCUT2D eigenvalue weighted by atomic mass is 10.2. The van der Waals surface area contributed by atoms with Gasteiger partial charge in [0.05, 0.1) is 12.8 Å². The number of hydrogen-bond acceptors (Lipinski definition) is 5. The van der Waals surface area contributed by atoms with Gasteiger partial charge >= 0.3 is 0 Å². The Balaban J connectivity index is 1.93. The molecule has 1 heterocycles. The molecule has 0 unspecified atom stereocenters. The fraction of sp³-hybridized carbons (Fsp3) is 0.200. The van der Waals surface area contributed by atoms with E-state index in [9.17, 15) is 0 Å². The second-order valence-electron chi connectivity index (χ2n) is 4.32. The predicted octanol–water partition coefficient (Wildman–Crippen LogP) is 1.96. The van der Waals surface area contributed by atoms with Crippen LogP contribution in [0.2, 0.25) is 0 Å². The summed E-state index contributed by atoms with van der Waals surface area (Å²) in [6.45, 7) is 0.766. The van der Waals surface area contributed by atoms with Crippen LogP contribution in [0.3, 0.4) is 0 Å². The van der Waals surface area contributed by atoms with Gasteiger partial charge in [0.2, 0.25) is 0 Å². The van der Waals surface area contributed by atoms with E-state index in [0.29, 0.717) is 12.4 Å². The molecule has 5 nitrogen and oxygen atoms in total. The van der Waals surface area contributed by atoms with E-state index in [1.165, 1.54) is 0 Å². The van der Waals surface area contributed by atoms with E-state index in [1.54, 1.807) is 12.4 Å². The summed E-state index contributed by atoms with van der Waals surface area (Å²) < 4.78 is 0. The first kappa shape index (κ1) is 14.0. The summed E-state index contributed by atoms with van der Waals surface area (Å²) in [6.07, 6.45) is 3.45. The molecule has 2 aromatic rings. The van der Waals surface area contributed by atoms with Gasteiger partial charge in [0, 0.05) is 25.5 Å². The molecule has 0 atom stereocenters. The molecule has 0 aliphatic heterocycles. The molecule has 0 saturated carbocycles. The van der Waals surface area contributed by atoms with E-state index < -0.39 is 0 Å². The minimum atomic E-state index is 0.147. The van der Waals surface area contributed by atoms with Crippen molar-refractivity contribution in [3.63, 3.8) is 0 Å². The molecule has 104 valence electrons. The number of aliphatic hydroxyl groups is 1. The van der Waals surface area contributed by atoms with Gasteiger partial charge in [0.15, 0.2) is 0 Å². The summed E-state index contributed by atoms with van der Waals surface area (Å²) >= 11 is 0. The normalized spacial score (nSPS) is 10.7. The minimum absolute atomic E-state index is 0.147. The number of nitrogens with zero attached hydrogens (tertiary/aromatic N) is 3. The molecule has 1 aromatic heterocycles. The zero-order valence-electron chi connectivity index (χ0n) is 11.4. The van der Waals surface area contributed by atoms with Crippen molar-refractivity contribution in [1.82, 2.24) is 4.98 Å². The molecule has 0 spiro atoms. The molecule has 0 radical (unpaired) electrons. The first-order valence-corrected chi connectivity index (χ1v) is 6.42. The second kappa shape index (κ2) is 7.25. The lowest BCUT2D eigenvalue weighted by Gasteiger charge is -2.17. The quantitative estimate of drug-likeness (QED) is 0.622. The minimum Gasteiger partial charge on any atom is -0.395 e. The fourth-order valence-electron chi connectivity index (χ4n) is 1.70. The highest BCUT2D eigenvalue weighted by molar-refractivity contribution is 5.80. The van der Waals surface area contributed by atoms with Crippen molar-refractivity contribution in [2.75, 3.05) is 30.5 Å². The SMILES string of the molecule is CN(CCO)c1ccc(/C=N/Nc2ccccn2)cc1. The zero-order chi connectivity index (χ0) is 14.2. The highest BCUT2D eigenvalue weighted by Gasteiger charge is 1.98. The molecular formula is C15H18N4O. The maximum absolute atomic E-state index is 8.90. The number of anilines is 2. The van der Waals surface area contributed by atoms with Crippen LogP contribution in [0.4, 0.5) is 11.5 Å². The van der Waals surface area contributed by atoms with Crippen LogP contribution < -0.4 is 10.3 Å². The van der Waals surface area contributed by atoms with Crippen LogP contribution in [-0.4, -0.2) is 36.5 Å². The third-order valence-corrected chi connectivity index (χ3v) is 2.83. The maximum Gasteiger partial charge on any atom is 0.146 e. The van der Waals surface area contributed by atoms with Crippen molar-refractivity contribution >= 4 is 17.7 Å². The lowest BCUT2D eigenvalue weighted by Crippen LogP contribution is -2.20. The first-order chi connectivity index (χ1) is 9.79. The number of nitrogens with one attached hydrogen (secondary N) is 1. The summed E-state index contributed by atoms with van der Waals surface area (Å²) in [5, 5.41) is 13.0. The van der Waals surface area contributed by atoms with Crippen molar-refractivity contribution in [3.05, 3.63) is 54.2 Å². The molecule has 0 aliphatic carbocycles. The van der Waals surface area contributed by atoms with Gasteiger partial charge in [-0.05, 0) is 29.8 Å². The van der Waals surface area contributed by atoms with Gasteiger partial charge in [0.25, 0.3) is 0 Å². The Morgan fingerprint density at radius 2 is 2.05 bits per heavy atom. The number of aromatic nitrogens is 1. The van der Waals surface area contributed by atoms with E-state index in [0.717, 1.165) is 11.3 Å². The Morgan fingerprint density at radius 3 is 2.70 bits per heavy atom. The van der Waals surface area contributed by atoms with Crippen molar-refractivity contribution in [3.8, 4) is 0 Å². The van der Waals surface area contributed by atoms with Gasteiger partial charge in [-0.3, -0.25) is 5.43 Å². The van der Waals surface area contributed by atoms with Gasteiger partial charge in [-0.2, -0.15) is 5.10 Å². The summed E-state index contributed by atoms with van der Waals surface area (Å²) in [5.41, 5.74) is 4.92. The Kier molecular flexibility index (Phi) is 5.08. The van der Waals surface area contributed by atoms with Gasteiger partial charge < -0.3 is 10.0 Å². The molecule has 0 fully saturated rings. The Morgan fingerprint density at radius 1 is 1.25 bits per heavy atom. The fourth-order valence-corrected chi connectivity index (χ4v) is 1.70. The Hall–Kier alpha value is -2.40. The monoisotopic (exact) mass is 270 g/mol. The van der Waals surface area contributed by atoms with Crippen molar-refractivity contribution < 1.29 is 5.11 Å².